The summed E-state index contributed by atoms with van der Waals surface area (Å²) in [5.74, 6) is -1.30. The summed E-state index contributed by atoms with van der Waals surface area (Å²) in [5, 5.41) is 0. The maximum atomic E-state index is 13.6. The van der Waals surface area contributed by atoms with E-state index >= 15 is 0 Å². The third kappa shape index (κ3) is 3.92. The molecule has 1 aliphatic heterocycles. The molecule has 6 heteroatoms. The molecule has 6 nitrogen and oxygen atoms in total. The molecule has 1 saturated heterocycles. The maximum absolute atomic E-state index is 13.6. The second-order valence-corrected chi connectivity index (χ2v) is 8.79. The van der Waals surface area contributed by atoms with Gasteiger partial charge in [-0.25, -0.2) is 14.6 Å². The largest absolute Gasteiger partial charge is 0.343 e. The molecule has 0 unspecified atom stereocenters. The van der Waals surface area contributed by atoms with Crippen LogP contribution in [-0.4, -0.2) is 22.4 Å². The van der Waals surface area contributed by atoms with Crippen molar-refractivity contribution in [3.8, 4) is 5.69 Å². The van der Waals surface area contributed by atoms with Crippen LogP contribution in [0.15, 0.2) is 96.6 Å². The van der Waals surface area contributed by atoms with Gasteiger partial charge in [0.15, 0.2) is 0 Å². The molecule has 1 fully saturated rings. The lowest BCUT2D eigenvalue weighted by molar-refractivity contribution is -0.121. The van der Waals surface area contributed by atoms with Crippen LogP contribution in [-0.2, 0) is 9.59 Å². The number of amides is 4. The van der Waals surface area contributed by atoms with E-state index in [0.717, 1.165) is 38.0 Å². The van der Waals surface area contributed by atoms with Crippen molar-refractivity contribution in [1.29, 1.82) is 0 Å². The molecule has 1 aliphatic rings. The second-order valence-electron chi connectivity index (χ2n) is 8.79. The zero-order valence-corrected chi connectivity index (χ0v) is 20.3. The number of nitrogens with zero attached hydrogens (tertiary/aromatic N) is 3. The molecule has 3 aromatic carbocycles. The van der Waals surface area contributed by atoms with Crippen molar-refractivity contribution < 1.29 is 14.4 Å². The SMILES string of the molecule is Cc1cccc(-n2c(C)cc(C=C3C(=O)N(c4ccccc4)C(=O)N(c4ccccc4)C3=O)c2C)c1. The quantitative estimate of drug-likeness (QED) is 0.269. The molecule has 0 saturated carbocycles. The van der Waals surface area contributed by atoms with Crippen molar-refractivity contribution >= 4 is 35.3 Å². The van der Waals surface area contributed by atoms with Gasteiger partial charge < -0.3 is 4.57 Å². The molecule has 4 aromatic rings. The van der Waals surface area contributed by atoms with Crippen LogP contribution in [0.5, 0.6) is 0 Å². The monoisotopic (exact) mass is 475 g/mol. The summed E-state index contributed by atoms with van der Waals surface area (Å²) in [6, 6.07) is 26.7. The first kappa shape index (κ1) is 23.1. The first-order chi connectivity index (χ1) is 17.4. The Labute approximate surface area is 209 Å². The number of benzene rings is 3. The smallest absolute Gasteiger partial charge is 0.318 e. The number of carbonyl (C=O) groups excluding carboxylic acids is 3. The summed E-state index contributed by atoms with van der Waals surface area (Å²) in [7, 11) is 0. The highest BCUT2D eigenvalue weighted by molar-refractivity contribution is 6.46. The fourth-order valence-electron chi connectivity index (χ4n) is 4.59. The number of imide groups is 2. The zero-order chi connectivity index (χ0) is 25.4. The molecular formula is C30H25N3O3. The van der Waals surface area contributed by atoms with Crippen LogP contribution in [0.25, 0.3) is 11.8 Å². The van der Waals surface area contributed by atoms with Crippen LogP contribution in [0.1, 0.15) is 22.5 Å². The number of aromatic nitrogens is 1. The van der Waals surface area contributed by atoms with Gasteiger partial charge in [-0.3, -0.25) is 9.59 Å². The summed E-state index contributed by atoms with van der Waals surface area (Å²) >= 11 is 0. The van der Waals surface area contributed by atoms with Gasteiger partial charge in [0, 0.05) is 17.1 Å². The van der Waals surface area contributed by atoms with Gasteiger partial charge in [-0.15, -0.1) is 0 Å². The van der Waals surface area contributed by atoms with Crippen LogP contribution >= 0.6 is 0 Å². The van der Waals surface area contributed by atoms with E-state index < -0.39 is 17.8 Å². The normalized spacial score (nSPS) is 14.0. The van der Waals surface area contributed by atoms with Crippen LogP contribution in [0, 0.1) is 20.8 Å². The highest BCUT2D eigenvalue weighted by Gasteiger charge is 2.43. The van der Waals surface area contributed by atoms with Crippen LogP contribution in [0.4, 0.5) is 16.2 Å². The molecule has 0 bridgehead atoms. The minimum atomic E-state index is -0.704. The summed E-state index contributed by atoms with van der Waals surface area (Å²) in [4.78, 5) is 42.8. The van der Waals surface area contributed by atoms with E-state index in [1.807, 2.05) is 45.0 Å². The number of carbonyl (C=O) groups is 3. The highest BCUT2D eigenvalue weighted by atomic mass is 16.2. The molecule has 0 N–H and O–H groups in total. The Balaban J connectivity index is 1.66. The number of urea groups is 1. The highest BCUT2D eigenvalue weighted by Crippen LogP contribution is 2.31. The van der Waals surface area contributed by atoms with Gasteiger partial charge in [-0.05, 0) is 80.4 Å². The van der Waals surface area contributed by atoms with E-state index in [1.165, 1.54) is 0 Å². The van der Waals surface area contributed by atoms with Crippen molar-refractivity contribution in [2.45, 2.75) is 20.8 Å². The molecule has 0 atom stereocenters. The summed E-state index contributed by atoms with van der Waals surface area (Å²) in [6.07, 6.45) is 1.59. The topological polar surface area (TPSA) is 62.6 Å². The van der Waals surface area contributed by atoms with E-state index in [-0.39, 0.29) is 5.57 Å². The Hall–Kier alpha value is -4.71. The Morgan fingerprint density at radius 1 is 0.611 bits per heavy atom. The lowest BCUT2D eigenvalue weighted by Crippen LogP contribution is -2.57. The van der Waals surface area contributed by atoms with Gasteiger partial charge in [-0.1, -0.05) is 48.5 Å². The maximum Gasteiger partial charge on any atom is 0.343 e. The third-order valence-electron chi connectivity index (χ3n) is 6.31. The Morgan fingerprint density at radius 2 is 1.14 bits per heavy atom. The standard InChI is InChI=1S/C30H25N3O3/c1-20-11-10-16-26(17-20)31-21(2)18-23(22(31)3)19-27-28(34)32(24-12-6-4-7-13-24)30(36)33(29(27)35)25-14-8-5-9-15-25/h4-19H,1-3H3. The molecule has 4 amide bonds. The Bertz CT molecular complexity index is 1450. The first-order valence-electron chi connectivity index (χ1n) is 11.7. The average Bonchev–Trinajstić information content (AvgIpc) is 3.15. The Kier molecular flexibility index (Phi) is 5.86. The molecule has 0 spiro atoms. The van der Waals surface area contributed by atoms with Gasteiger partial charge in [0.25, 0.3) is 11.8 Å². The van der Waals surface area contributed by atoms with E-state index in [2.05, 4.69) is 10.6 Å². The van der Waals surface area contributed by atoms with Crippen LogP contribution < -0.4 is 9.80 Å². The first-order valence-corrected chi connectivity index (χ1v) is 11.7. The van der Waals surface area contributed by atoms with Gasteiger partial charge in [0.05, 0.1) is 11.4 Å². The van der Waals surface area contributed by atoms with E-state index in [9.17, 15) is 14.4 Å². The molecule has 1 aromatic heterocycles. The average molecular weight is 476 g/mol. The van der Waals surface area contributed by atoms with Crippen molar-refractivity contribution in [3.63, 3.8) is 0 Å². The third-order valence-corrected chi connectivity index (χ3v) is 6.31. The van der Waals surface area contributed by atoms with Crippen LogP contribution in [0.3, 0.4) is 0 Å². The number of barbiturate groups is 1. The lowest BCUT2D eigenvalue weighted by atomic mass is 10.0. The molecule has 0 aliphatic carbocycles. The van der Waals surface area contributed by atoms with Gasteiger partial charge in [-0.2, -0.15) is 0 Å². The van der Waals surface area contributed by atoms with Crippen LogP contribution in [0.2, 0.25) is 0 Å². The van der Waals surface area contributed by atoms with Crippen molar-refractivity contribution in [2.75, 3.05) is 9.80 Å². The number of aryl methyl sites for hydroxylation is 2. The molecule has 5 rings (SSSR count). The lowest BCUT2D eigenvalue weighted by Gasteiger charge is -2.33. The van der Waals surface area contributed by atoms with E-state index in [0.29, 0.717) is 11.4 Å². The van der Waals surface area contributed by atoms with Crippen molar-refractivity contribution in [2.24, 2.45) is 0 Å². The van der Waals surface area contributed by atoms with Crippen molar-refractivity contribution in [1.82, 2.24) is 4.57 Å². The van der Waals surface area contributed by atoms with E-state index in [1.54, 1.807) is 66.7 Å². The zero-order valence-electron chi connectivity index (χ0n) is 20.3. The fraction of sp³-hybridized carbons (Fsp3) is 0.100. The number of anilines is 2. The summed E-state index contributed by atoms with van der Waals surface area (Å²) < 4.78 is 2.09. The molecular weight excluding hydrogens is 450 g/mol. The molecule has 0 radical (unpaired) electrons. The van der Waals surface area contributed by atoms with E-state index in [4.69, 9.17) is 0 Å². The molecule has 2 heterocycles. The fourth-order valence-corrected chi connectivity index (χ4v) is 4.59. The van der Waals surface area contributed by atoms with Gasteiger partial charge in [0.2, 0.25) is 0 Å². The predicted molar refractivity (Wildman–Crippen MR) is 141 cm³/mol. The molecule has 36 heavy (non-hydrogen) atoms. The number of rotatable bonds is 4. The minimum absolute atomic E-state index is 0.0770. The number of hydrogen-bond donors (Lipinski definition) is 0. The van der Waals surface area contributed by atoms with Gasteiger partial charge >= 0.3 is 6.03 Å². The number of para-hydroxylation sites is 2. The van der Waals surface area contributed by atoms with Crippen molar-refractivity contribution in [3.05, 3.63) is 119 Å². The second kappa shape index (κ2) is 9.15. The molecule has 178 valence electrons. The summed E-state index contributed by atoms with van der Waals surface area (Å²) in [6.45, 7) is 5.97. The summed E-state index contributed by atoms with van der Waals surface area (Å²) in [5.41, 5.74) is 5.45. The predicted octanol–water partition coefficient (Wildman–Crippen LogP) is 5.99. The Morgan fingerprint density at radius 3 is 1.67 bits per heavy atom. The minimum Gasteiger partial charge on any atom is -0.318 e. The van der Waals surface area contributed by atoms with Gasteiger partial charge in [0.1, 0.15) is 5.57 Å². The number of hydrogen-bond acceptors (Lipinski definition) is 3.